The van der Waals surface area contributed by atoms with Crippen LogP contribution in [0.15, 0.2) is 42.7 Å². The van der Waals surface area contributed by atoms with Gasteiger partial charge in [0.2, 0.25) is 11.8 Å². The van der Waals surface area contributed by atoms with Crippen molar-refractivity contribution in [2.45, 2.75) is 39.8 Å². The van der Waals surface area contributed by atoms with Gasteiger partial charge < -0.3 is 10.2 Å². The number of hydrogen-bond acceptors (Lipinski definition) is 3. The summed E-state index contributed by atoms with van der Waals surface area (Å²) in [6.45, 7) is 6.45. The summed E-state index contributed by atoms with van der Waals surface area (Å²) < 4.78 is 1.79. The first-order chi connectivity index (χ1) is 12.5. The summed E-state index contributed by atoms with van der Waals surface area (Å²) in [4.78, 5) is 26.3. The summed E-state index contributed by atoms with van der Waals surface area (Å²) in [6.07, 6.45) is 5.53. The predicted molar refractivity (Wildman–Crippen MR) is 101 cm³/mol. The van der Waals surface area contributed by atoms with Crippen molar-refractivity contribution < 1.29 is 9.59 Å². The molecule has 1 aliphatic rings. The SMILES string of the molecule is CC(=O)N1C=Cc2ccccc2C1CC(=O)Nc1ccnn1CC(C)C. The predicted octanol–water partition coefficient (Wildman–Crippen LogP) is 3.44. The van der Waals surface area contributed by atoms with Crippen LogP contribution in [0, 0.1) is 5.92 Å². The van der Waals surface area contributed by atoms with Crippen LogP contribution in [-0.4, -0.2) is 26.5 Å². The average Bonchev–Trinajstić information content (AvgIpc) is 3.00. The molecule has 136 valence electrons. The number of benzene rings is 1. The number of carbonyl (C=O) groups is 2. The molecule has 26 heavy (non-hydrogen) atoms. The van der Waals surface area contributed by atoms with Gasteiger partial charge in [-0.25, -0.2) is 4.68 Å². The van der Waals surface area contributed by atoms with Crippen molar-refractivity contribution in [1.29, 1.82) is 0 Å². The van der Waals surface area contributed by atoms with Gasteiger partial charge in [-0.1, -0.05) is 38.1 Å². The molecule has 0 aliphatic carbocycles. The van der Waals surface area contributed by atoms with Gasteiger partial charge in [0.1, 0.15) is 5.82 Å². The quantitative estimate of drug-likeness (QED) is 0.896. The molecule has 0 saturated heterocycles. The van der Waals surface area contributed by atoms with Gasteiger partial charge in [-0.2, -0.15) is 5.10 Å². The van der Waals surface area contributed by atoms with Crippen molar-refractivity contribution in [2.24, 2.45) is 5.92 Å². The number of anilines is 1. The molecule has 0 spiro atoms. The number of amides is 2. The molecule has 1 aromatic heterocycles. The van der Waals surface area contributed by atoms with Crippen LogP contribution in [-0.2, 0) is 16.1 Å². The summed E-state index contributed by atoms with van der Waals surface area (Å²) in [7, 11) is 0. The highest BCUT2D eigenvalue weighted by molar-refractivity contribution is 5.91. The molecule has 1 unspecified atom stereocenters. The molecule has 1 aliphatic heterocycles. The van der Waals surface area contributed by atoms with Crippen molar-refractivity contribution in [1.82, 2.24) is 14.7 Å². The Bertz CT molecular complexity index is 838. The van der Waals surface area contributed by atoms with E-state index < -0.39 is 0 Å². The van der Waals surface area contributed by atoms with E-state index in [1.54, 1.807) is 28.0 Å². The van der Waals surface area contributed by atoms with Crippen LogP contribution in [0.5, 0.6) is 0 Å². The maximum Gasteiger partial charge on any atom is 0.227 e. The van der Waals surface area contributed by atoms with E-state index in [4.69, 9.17) is 0 Å². The van der Waals surface area contributed by atoms with E-state index in [2.05, 4.69) is 24.3 Å². The standard InChI is InChI=1S/C20H24N4O2/c1-14(2)13-24-19(8-10-21-24)22-20(26)12-18-17-7-5-4-6-16(17)9-11-23(18)15(3)25/h4-11,14,18H,12-13H2,1-3H3,(H,22,26). The molecule has 0 saturated carbocycles. The highest BCUT2D eigenvalue weighted by atomic mass is 16.2. The first-order valence-corrected chi connectivity index (χ1v) is 8.83. The number of nitrogens with one attached hydrogen (secondary N) is 1. The second-order valence-corrected chi connectivity index (χ2v) is 6.93. The van der Waals surface area contributed by atoms with Crippen LogP contribution in [0.4, 0.5) is 5.82 Å². The van der Waals surface area contributed by atoms with Crippen LogP contribution in [0.3, 0.4) is 0 Å². The van der Waals surface area contributed by atoms with Crippen molar-refractivity contribution in [2.75, 3.05) is 5.32 Å². The Labute approximate surface area is 153 Å². The molecule has 2 aromatic rings. The molecule has 6 nitrogen and oxygen atoms in total. The minimum atomic E-state index is -0.310. The zero-order chi connectivity index (χ0) is 18.7. The van der Waals surface area contributed by atoms with Crippen molar-refractivity contribution in [3.63, 3.8) is 0 Å². The molecule has 1 N–H and O–H groups in total. The first-order valence-electron chi connectivity index (χ1n) is 8.83. The van der Waals surface area contributed by atoms with Gasteiger partial charge in [0.05, 0.1) is 18.7 Å². The Morgan fingerprint density at radius 1 is 1.23 bits per heavy atom. The molecule has 2 heterocycles. The van der Waals surface area contributed by atoms with Crippen molar-refractivity contribution in [3.05, 3.63) is 53.9 Å². The van der Waals surface area contributed by atoms with Crippen molar-refractivity contribution in [3.8, 4) is 0 Å². The first kappa shape index (κ1) is 17.9. The molecule has 1 atom stereocenters. The summed E-state index contributed by atoms with van der Waals surface area (Å²) in [5.41, 5.74) is 2.02. The second-order valence-electron chi connectivity index (χ2n) is 6.93. The van der Waals surface area contributed by atoms with Gasteiger partial charge in [0, 0.05) is 25.7 Å². The van der Waals surface area contributed by atoms with E-state index in [1.807, 2.05) is 30.3 Å². The zero-order valence-corrected chi connectivity index (χ0v) is 15.3. The molecule has 1 aromatic carbocycles. The second kappa shape index (κ2) is 7.56. The lowest BCUT2D eigenvalue weighted by molar-refractivity contribution is -0.129. The fourth-order valence-electron chi connectivity index (χ4n) is 3.21. The molecule has 0 radical (unpaired) electrons. The van der Waals surface area contributed by atoms with Crippen LogP contribution in [0.1, 0.15) is 44.4 Å². The molecule has 3 rings (SSSR count). The molecule has 0 fully saturated rings. The Hall–Kier alpha value is -2.89. The van der Waals surface area contributed by atoms with E-state index in [9.17, 15) is 9.59 Å². The zero-order valence-electron chi connectivity index (χ0n) is 15.3. The fourth-order valence-corrected chi connectivity index (χ4v) is 3.21. The number of carbonyl (C=O) groups excluding carboxylic acids is 2. The van der Waals surface area contributed by atoms with E-state index in [0.29, 0.717) is 11.7 Å². The van der Waals surface area contributed by atoms with Gasteiger partial charge in [0.25, 0.3) is 0 Å². The van der Waals surface area contributed by atoms with E-state index >= 15 is 0 Å². The molecular weight excluding hydrogens is 328 g/mol. The lowest BCUT2D eigenvalue weighted by atomic mass is 9.93. The molecule has 2 amide bonds. The largest absolute Gasteiger partial charge is 0.311 e. The van der Waals surface area contributed by atoms with E-state index in [0.717, 1.165) is 17.7 Å². The highest BCUT2D eigenvalue weighted by Crippen LogP contribution is 2.33. The number of nitrogens with zero attached hydrogens (tertiary/aromatic N) is 3. The maximum atomic E-state index is 12.7. The highest BCUT2D eigenvalue weighted by Gasteiger charge is 2.28. The minimum absolute atomic E-state index is 0.0848. The van der Waals surface area contributed by atoms with Gasteiger partial charge in [-0.05, 0) is 23.1 Å². The summed E-state index contributed by atoms with van der Waals surface area (Å²) >= 11 is 0. The minimum Gasteiger partial charge on any atom is -0.311 e. The van der Waals surface area contributed by atoms with Crippen molar-refractivity contribution >= 4 is 23.7 Å². The third-order valence-electron chi connectivity index (χ3n) is 4.37. The lowest BCUT2D eigenvalue weighted by Crippen LogP contribution is -2.33. The fraction of sp³-hybridized carbons (Fsp3) is 0.350. The van der Waals surface area contributed by atoms with Crippen LogP contribution in [0.2, 0.25) is 0 Å². The Balaban J connectivity index is 1.78. The topological polar surface area (TPSA) is 67.2 Å². The smallest absolute Gasteiger partial charge is 0.227 e. The summed E-state index contributed by atoms with van der Waals surface area (Å²) in [6, 6.07) is 9.32. The third kappa shape index (κ3) is 3.85. The summed E-state index contributed by atoms with van der Waals surface area (Å²) in [5, 5.41) is 7.19. The third-order valence-corrected chi connectivity index (χ3v) is 4.37. The van der Waals surface area contributed by atoms with Crippen LogP contribution >= 0.6 is 0 Å². The number of fused-ring (bicyclic) bond motifs is 1. The Morgan fingerprint density at radius 2 is 2.00 bits per heavy atom. The molecule has 0 bridgehead atoms. The van der Waals surface area contributed by atoms with Gasteiger partial charge >= 0.3 is 0 Å². The number of rotatable bonds is 5. The monoisotopic (exact) mass is 352 g/mol. The van der Waals surface area contributed by atoms with Gasteiger partial charge in [-0.15, -0.1) is 0 Å². The van der Waals surface area contributed by atoms with E-state index in [1.165, 1.54) is 6.92 Å². The van der Waals surface area contributed by atoms with Crippen LogP contribution in [0.25, 0.3) is 6.08 Å². The average molecular weight is 352 g/mol. The van der Waals surface area contributed by atoms with Crippen LogP contribution < -0.4 is 5.32 Å². The number of hydrogen-bond donors (Lipinski definition) is 1. The maximum absolute atomic E-state index is 12.7. The summed E-state index contributed by atoms with van der Waals surface area (Å²) in [5.74, 6) is 0.877. The lowest BCUT2D eigenvalue weighted by Gasteiger charge is -2.32. The Morgan fingerprint density at radius 3 is 2.73 bits per heavy atom. The van der Waals surface area contributed by atoms with Gasteiger partial charge in [-0.3, -0.25) is 9.59 Å². The van der Waals surface area contributed by atoms with E-state index in [-0.39, 0.29) is 24.3 Å². The Kier molecular flexibility index (Phi) is 5.21. The molecule has 6 heteroatoms. The number of aromatic nitrogens is 2. The molecular formula is C20H24N4O2. The van der Waals surface area contributed by atoms with Gasteiger partial charge in [0.15, 0.2) is 0 Å². The normalized spacial score (nSPS) is 15.8.